The third kappa shape index (κ3) is 2.19. The van der Waals surface area contributed by atoms with Gasteiger partial charge in [-0.25, -0.2) is 8.78 Å². The van der Waals surface area contributed by atoms with Crippen LogP contribution in [0.15, 0.2) is 36.4 Å². The minimum atomic E-state index is -0.697. The van der Waals surface area contributed by atoms with E-state index in [0.29, 0.717) is 11.8 Å². The normalized spacial score (nSPS) is 10.3. The Morgan fingerprint density at radius 1 is 1.06 bits per heavy atom. The quantitative estimate of drug-likeness (QED) is 0.736. The zero-order valence-corrected chi connectivity index (χ0v) is 9.34. The summed E-state index contributed by atoms with van der Waals surface area (Å²) >= 11 is 5.86. The molecule has 0 aliphatic rings. The van der Waals surface area contributed by atoms with E-state index in [-0.39, 0.29) is 16.1 Å². The smallest absolute Gasteiger partial charge is 0.152 e. The van der Waals surface area contributed by atoms with Gasteiger partial charge in [-0.15, -0.1) is 0 Å². The molecule has 0 saturated carbocycles. The van der Waals surface area contributed by atoms with Crippen molar-refractivity contribution in [2.75, 3.05) is 0 Å². The van der Waals surface area contributed by atoms with Gasteiger partial charge in [0.05, 0.1) is 10.6 Å². The Bertz CT molecular complexity index is 561. The third-order valence-corrected chi connectivity index (χ3v) is 2.69. The van der Waals surface area contributed by atoms with Crippen LogP contribution in [0.5, 0.6) is 0 Å². The highest BCUT2D eigenvalue weighted by Crippen LogP contribution is 2.31. The Labute approximate surface area is 102 Å². The highest BCUT2D eigenvalue weighted by molar-refractivity contribution is 6.33. The van der Waals surface area contributed by atoms with E-state index in [9.17, 15) is 13.6 Å². The number of carbonyl (C=O) groups excluding carboxylic acids is 1. The van der Waals surface area contributed by atoms with Crippen molar-refractivity contribution < 1.29 is 13.6 Å². The summed E-state index contributed by atoms with van der Waals surface area (Å²) in [6, 6.07) is 8.07. The number of benzene rings is 2. The van der Waals surface area contributed by atoms with Crippen LogP contribution in [0.2, 0.25) is 5.02 Å². The van der Waals surface area contributed by atoms with Gasteiger partial charge in [0.1, 0.15) is 11.6 Å². The van der Waals surface area contributed by atoms with Gasteiger partial charge in [-0.3, -0.25) is 4.79 Å². The summed E-state index contributed by atoms with van der Waals surface area (Å²) < 4.78 is 27.0. The molecular formula is C13H7ClF2O. The fourth-order valence-electron chi connectivity index (χ4n) is 1.55. The van der Waals surface area contributed by atoms with E-state index >= 15 is 0 Å². The van der Waals surface area contributed by atoms with Crippen LogP contribution in [0.1, 0.15) is 10.4 Å². The first-order valence-electron chi connectivity index (χ1n) is 4.82. The van der Waals surface area contributed by atoms with E-state index in [2.05, 4.69) is 0 Å². The molecule has 1 nitrogen and oxygen atoms in total. The maximum atomic E-state index is 13.6. The van der Waals surface area contributed by atoms with Crippen LogP contribution in [0.25, 0.3) is 11.1 Å². The number of rotatable bonds is 2. The van der Waals surface area contributed by atoms with Crippen LogP contribution >= 0.6 is 11.6 Å². The van der Waals surface area contributed by atoms with Crippen LogP contribution in [-0.4, -0.2) is 6.29 Å². The molecule has 2 aromatic rings. The van der Waals surface area contributed by atoms with Gasteiger partial charge < -0.3 is 0 Å². The summed E-state index contributed by atoms with van der Waals surface area (Å²) in [5.74, 6) is -1.23. The van der Waals surface area contributed by atoms with E-state index in [4.69, 9.17) is 11.6 Å². The first-order valence-corrected chi connectivity index (χ1v) is 5.20. The van der Waals surface area contributed by atoms with Gasteiger partial charge in [0.2, 0.25) is 0 Å². The second-order valence-electron chi connectivity index (χ2n) is 3.45. The standard InChI is InChI=1S/C13H7ClF2O/c14-10-2-1-3-11(15)13(10)8-4-5-9(7-17)12(16)6-8/h1-7H. The lowest BCUT2D eigenvalue weighted by Crippen LogP contribution is -1.91. The van der Waals surface area contributed by atoms with E-state index < -0.39 is 11.6 Å². The summed E-state index contributed by atoms with van der Waals surface area (Å²) in [7, 11) is 0. The maximum absolute atomic E-state index is 13.6. The number of aldehydes is 1. The van der Waals surface area contributed by atoms with E-state index in [1.165, 1.54) is 30.3 Å². The minimum absolute atomic E-state index is 0.0683. The van der Waals surface area contributed by atoms with Crippen molar-refractivity contribution in [3.63, 3.8) is 0 Å². The molecule has 2 rings (SSSR count). The molecule has 0 radical (unpaired) electrons. The summed E-state index contributed by atoms with van der Waals surface area (Å²) in [6.45, 7) is 0. The monoisotopic (exact) mass is 252 g/mol. The molecule has 0 fully saturated rings. The fourth-order valence-corrected chi connectivity index (χ4v) is 1.82. The second-order valence-corrected chi connectivity index (χ2v) is 3.86. The first-order chi connectivity index (χ1) is 8.13. The molecule has 0 atom stereocenters. The lowest BCUT2D eigenvalue weighted by molar-refractivity contribution is 0.112. The van der Waals surface area contributed by atoms with Crippen molar-refractivity contribution in [3.8, 4) is 11.1 Å². The Balaban J connectivity index is 2.61. The third-order valence-electron chi connectivity index (χ3n) is 2.38. The van der Waals surface area contributed by atoms with E-state index in [1.54, 1.807) is 0 Å². The number of hydrogen-bond acceptors (Lipinski definition) is 1. The predicted molar refractivity (Wildman–Crippen MR) is 62.2 cm³/mol. The maximum Gasteiger partial charge on any atom is 0.152 e. The van der Waals surface area contributed by atoms with E-state index in [1.807, 2.05) is 0 Å². The summed E-state index contributed by atoms with van der Waals surface area (Å²) in [4.78, 5) is 10.5. The lowest BCUT2D eigenvalue weighted by Gasteiger charge is -2.06. The molecule has 0 saturated heterocycles. The molecule has 0 aliphatic heterocycles. The number of carbonyl (C=O) groups is 1. The van der Waals surface area contributed by atoms with Gasteiger partial charge >= 0.3 is 0 Å². The van der Waals surface area contributed by atoms with Crippen molar-refractivity contribution >= 4 is 17.9 Å². The zero-order chi connectivity index (χ0) is 12.4. The molecule has 0 amide bonds. The molecule has 0 heterocycles. The molecule has 86 valence electrons. The van der Waals surface area contributed by atoms with Crippen molar-refractivity contribution in [2.45, 2.75) is 0 Å². The topological polar surface area (TPSA) is 17.1 Å². The van der Waals surface area contributed by atoms with Crippen LogP contribution < -0.4 is 0 Å². The predicted octanol–water partition coefficient (Wildman–Crippen LogP) is 4.10. The van der Waals surface area contributed by atoms with Crippen molar-refractivity contribution in [3.05, 3.63) is 58.6 Å². The van der Waals surface area contributed by atoms with Gasteiger partial charge in [-0.1, -0.05) is 23.7 Å². The molecule has 0 N–H and O–H groups in total. The van der Waals surface area contributed by atoms with Crippen LogP contribution in [0.3, 0.4) is 0 Å². The summed E-state index contributed by atoms with van der Waals surface area (Å²) in [5.41, 5.74) is 0.364. The van der Waals surface area contributed by atoms with Gasteiger partial charge in [-0.2, -0.15) is 0 Å². The van der Waals surface area contributed by atoms with Crippen molar-refractivity contribution in [1.82, 2.24) is 0 Å². The average molecular weight is 253 g/mol. The van der Waals surface area contributed by atoms with Crippen LogP contribution in [0, 0.1) is 11.6 Å². The fraction of sp³-hybridized carbons (Fsp3) is 0. The first kappa shape index (κ1) is 11.7. The summed E-state index contributed by atoms with van der Waals surface area (Å²) in [5, 5.41) is 0.197. The molecule has 0 spiro atoms. The van der Waals surface area contributed by atoms with E-state index in [0.717, 1.165) is 6.07 Å². The minimum Gasteiger partial charge on any atom is -0.298 e. The summed E-state index contributed by atoms with van der Waals surface area (Å²) in [6.07, 6.45) is 0.405. The van der Waals surface area contributed by atoms with Crippen molar-refractivity contribution in [1.29, 1.82) is 0 Å². The Morgan fingerprint density at radius 3 is 2.41 bits per heavy atom. The highest BCUT2D eigenvalue weighted by atomic mass is 35.5. The van der Waals surface area contributed by atoms with Crippen LogP contribution in [-0.2, 0) is 0 Å². The molecular weight excluding hydrogens is 246 g/mol. The number of hydrogen-bond donors (Lipinski definition) is 0. The largest absolute Gasteiger partial charge is 0.298 e. The zero-order valence-electron chi connectivity index (χ0n) is 8.58. The van der Waals surface area contributed by atoms with Gasteiger partial charge in [0, 0.05) is 5.56 Å². The van der Waals surface area contributed by atoms with Crippen molar-refractivity contribution in [2.24, 2.45) is 0 Å². The average Bonchev–Trinajstić information content (AvgIpc) is 2.29. The Hall–Kier alpha value is -1.74. The Morgan fingerprint density at radius 2 is 1.82 bits per heavy atom. The number of halogens is 3. The molecule has 0 aliphatic carbocycles. The van der Waals surface area contributed by atoms with Gasteiger partial charge in [-0.05, 0) is 29.8 Å². The molecule has 0 unspecified atom stereocenters. The second kappa shape index (κ2) is 4.63. The van der Waals surface area contributed by atoms with Crippen LogP contribution in [0.4, 0.5) is 8.78 Å². The highest BCUT2D eigenvalue weighted by Gasteiger charge is 2.11. The molecule has 4 heteroatoms. The lowest BCUT2D eigenvalue weighted by atomic mass is 10.0. The SMILES string of the molecule is O=Cc1ccc(-c2c(F)cccc2Cl)cc1F. The van der Waals surface area contributed by atoms with Gasteiger partial charge in [0.15, 0.2) is 6.29 Å². The van der Waals surface area contributed by atoms with Gasteiger partial charge in [0.25, 0.3) is 0 Å². The Kier molecular flexibility index (Phi) is 3.20. The molecule has 0 aromatic heterocycles. The molecule has 2 aromatic carbocycles. The molecule has 17 heavy (non-hydrogen) atoms. The molecule has 0 bridgehead atoms.